The lowest BCUT2D eigenvalue weighted by Gasteiger charge is -2.28. The van der Waals surface area contributed by atoms with Crippen LogP contribution in [0, 0.1) is 5.92 Å². The summed E-state index contributed by atoms with van der Waals surface area (Å²) in [6.07, 6.45) is 5.20. The Morgan fingerprint density at radius 3 is 2.62 bits per heavy atom. The second-order valence-electron chi connectivity index (χ2n) is 5.08. The highest BCUT2D eigenvalue weighted by Gasteiger charge is 2.37. The molecule has 0 aliphatic heterocycles. The van der Waals surface area contributed by atoms with Crippen LogP contribution in [-0.2, 0) is 12.0 Å². The zero-order valence-corrected chi connectivity index (χ0v) is 10.4. The molecule has 2 rings (SSSR count). The Morgan fingerprint density at radius 1 is 1.25 bits per heavy atom. The molecule has 16 heavy (non-hydrogen) atoms. The summed E-state index contributed by atoms with van der Waals surface area (Å²) in [5.41, 5.74) is 1.98. The predicted octanol–water partition coefficient (Wildman–Crippen LogP) is 3.65. The van der Waals surface area contributed by atoms with Crippen molar-refractivity contribution in [3.8, 4) is 0 Å². The molecule has 1 aliphatic carbocycles. The fourth-order valence-electron chi connectivity index (χ4n) is 2.94. The van der Waals surface area contributed by atoms with E-state index in [4.69, 9.17) is 0 Å². The van der Waals surface area contributed by atoms with Crippen LogP contribution >= 0.6 is 0 Å². The van der Waals surface area contributed by atoms with Crippen LogP contribution < -0.4 is 0 Å². The number of aryl methyl sites for hydroxylation is 1. The number of aliphatic hydroxyl groups is 1. The van der Waals surface area contributed by atoms with E-state index in [1.165, 1.54) is 24.0 Å². The van der Waals surface area contributed by atoms with Crippen LogP contribution in [0.2, 0.25) is 0 Å². The van der Waals surface area contributed by atoms with Crippen molar-refractivity contribution in [3.63, 3.8) is 0 Å². The summed E-state index contributed by atoms with van der Waals surface area (Å²) in [4.78, 5) is 0. The van der Waals surface area contributed by atoms with E-state index in [0.29, 0.717) is 5.92 Å². The molecule has 0 spiro atoms. The van der Waals surface area contributed by atoms with E-state index in [2.05, 4.69) is 32.0 Å². The average Bonchev–Trinajstić information content (AvgIpc) is 2.65. The number of fused-ring (bicyclic) bond motifs is 1. The Bertz CT molecular complexity index is 354. The maximum atomic E-state index is 10.8. The van der Waals surface area contributed by atoms with Gasteiger partial charge < -0.3 is 5.11 Å². The van der Waals surface area contributed by atoms with Crippen molar-refractivity contribution in [1.29, 1.82) is 0 Å². The van der Waals surface area contributed by atoms with E-state index >= 15 is 0 Å². The van der Waals surface area contributed by atoms with E-state index in [9.17, 15) is 5.11 Å². The van der Waals surface area contributed by atoms with Gasteiger partial charge in [-0.2, -0.15) is 0 Å². The van der Waals surface area contributed by atoms with Crippen LogP contribution in [0.25, 0.3) is 0 Å². The molecule has 0 radical (unpaired) electrons. The minimum atomic E-state index is -0.548. The fraction of sp³-hybridized carbons (Fsp3) is 0.600. The molecule has 1 N–H and O–H groups in total. The van der Waals surface area contributed by atoms with Gasteiger partial charge in [-0.25, -0.2) is 0 Å². The number of hydrogen-bond donors (Lipinski definition) is 1. The minimum absolute atomic E-state index is 0.548. The lowest BCUT2D eigenvalue weighted by atomic mass is 9.83. The fourth-order valence-corrected chi connectivity index (χ4v) is 2.94. The first-order valence-electron chi connectivity index (χ1n) is 6.50. The summed E-state index contributed by atoms with van der Waals surface area (Å²) in [6, 6.07) is 8.37. The van der Waals surface area contributed by atoms with Crippen LogP contribution in [0.4, 0.5) is 0 Å². The topological polar surface area (TPSA) is 20.2 Å². The van der Waals surface area contributed by atoms with Gasteiger partial charge in [-0.1, -0.05) is 51.0 Å². The lowest BCUT2D eigenvalue weighted by Crippen LogP contribution is -2.25. The van der Waals surface area contributed by atoms with E-state index in [-0.39, 0.29) is 0 Å². The van der Waals surface area contributed by atoms with Gasteiger partial charge in [0.1, 0.15) is 0 Å². The van der Waals surface area contributed by atoms with E-state index in [1.807, 2.05) is 6.07 Å². The molecular formula is C15H22O. The zero-order chi connectivity index (χ0) is 11.6. The molecular weight excluding hydrogens is 196 g/mol. The van der Waals surface area contributed by atoms with Gasteiger partial charge in [0.2, 0.25) is 0 Å². The maximum absolute atomic E-state index is 10.8. The van der Waals surface area contributed by atoms with Gasteiger partial charge in [0, 0.05) is 0 Å². The van der Waals surface area contributed by atoms with Crippen LogP contribution in [0.3, 0.4) is 0 Å². The van der Waals surface area contributed by atoms with E-state index in [1.54, 1.807) is 0 Å². The summed E-state index contributed by atoms with van der Waals surface area (Å²) in [6.45, 7) is 4.44. The molecule has 0 saturated heterocycles. The second-order valence-corrected chi connectivity index (χ2v) is 5.08. The summed E-state index contributed by atoms with van der Waals surface area (Å²) in [5, 5.41) is 10.8. The van der Waals surface area contributed by atoms with Gasteiger partial charge >= 0.3 is 0 Å². The lowest BCUT2D eigenvalue weighted by molar-refractivity contribution is 0.0115. The molecule has 1 aromatic rings. The third-order valence-corrected chi connectivity index (χ3v) is 4.11. The number of benzene rings is 1. The summed E-state index contributed by atoms with van der Waals surface area (Å²) >= 11 is 0. The summed E-state index contributed by atoms with van der Waals surface area (Å²) in [5.74, 6) is 0.649. The third-order valence-electron chi connectivity index (χ3n) is 4.11. The predicted molar refractivity (Wildman–Crippen MR) is 67.3 cm³/mol. The van der Waals surface area contributed by atoms with Crippen molar-refractivity contribution in [2.45, 2.75) is 51.6 Å². The molecule has 0 aromatic heterocycles. The molecule has 0 bridgehead atoms. The van der Waals surface area contributed by atoms with Crippen LogP contribution in [-0.4, -0.2) is 5.11 Å². The molecule has 1 aromatic carbocycles. The first-order valence-corrected chi connectivity index (χ1v) is 6.50. The SMILES string of the molecule is CCC(CC)CC1(O)CCc2ccccc21. The Balaban J connectivity index is 2.21. The van der Waals surface area contributed by atoms with Crippen molar-refractivity contribution in [2.24, 2.45) is 5.92 Å². The van der Waals surface area contributed by atoms with Crippen molar-refractivity contribution < 1.29 is 5.11 Å². The zero-order valence-electron chi connectivity index (χ0n) is 10.4. The molecule has 1 atom stereocenters. The Morgan fingerprint density at radius 2 is 1.94 bits per heavy atom. The van der Waals surface area contributed by atoms with Crippen molar-refractivity contribution >= 4 is 0 Å². The standard InChI is InChI=1S/C15H22O/c1-3-12(4-2)11-15(16)10-9-13-7-5-6-8-14(13)15/h5-8,12,16H,3-4,9-11H2,1-2H3. The molecule has 0 heterocycles. The highest BCUT2D eigenvalue weighted by molar-refractivity contribution is 5.37. The van der Waals surface area contributed by atoms with Crippen molar-refractivity contribution in [3.05, 3.63) is 35.4 Å². The second kappa shape index (κ2) is 4.58. The molecule has 88 valence electrons. The Hall–Kier alpha value is -0.820. The largest absolute Gasteiger partial charge is 0.385 e. The Kier molecular flexibility index (Phi) is 3.34. The van der Waals surface area contributed by atoms with Crippen LogP contribution in [0.1, 0.15) is 50.7 Å². The third kappa shape index (κ3) is 2.01. The summed E-state index contributed by atoms with van der Waals surface area (Å²) < 4.78 is 0. The van der Waals surface area contributed by atoms with Crippen molar-refractivity contribution in [1.82, 2.24) is 0 Å². The van der Waals surface area contributed by atoms with E-state index in [0.717, 1.165) is 19.3 Å². The van der Waals surface area contributed by atoms with Gasteiger partial charge in [0.05, 0.1) is 5.60 Å². The average molecular weight is 218 g/mol. The quantitative estimate of drug-likeness (QED) is 0.818. The van der Waals surface area contributed by atoms with Crippen LogP contribution in [0.5, 0.6) is 0 Å². The molecule has 0 saturated carbocycles. The van der Waals surface area contributed by atoms with Crippen molar-refractivity contribution in [2.75, 3.05) is 0 Å². The minimum Gasteiger partial charge on any atom is -0.385 e. The molecule has 1 heteroatoms. The molecule has 0 amide bonds. The summed E-state index contributed by atoms with van der Waals surface area (Å²) in [7, 11) is 0. The van der Waals surface area contributed by atoms with Gasteiger partial charge in [-0.15, -0.1) is 0 Å². The van der Waals surface area contributed by atoms with Gasteiger partial charge in [0.25, 0.3) is 0 Å². The molecule has 1 nitrogen and oxygen atoms in total. The molecule has 1 aliphatic rings. The van der Waals surface area contributed by atoms with Gasteiger partial charge in [-0.3, -0.25) is 0 Å². The normalized spacial score (nSPS) is 23.8. The maximum Gasteiger partial charge on any atom is 0.0905 e. The van der Waals surface area contributed by atoms with Gasteiger partial charge in [0.15, 0.2) is 0 Å². The van der Waals surface area contributed by atoms with Gasteiger partial charge in [-0.05, 0) is 36.3 Å². The van der Waals surface area contributed by atoms with E-state index < -0.39 is 5.60 Å². The molecule has 0 fully saturated rings. The first kappa shape index (κ1) is 11.7. The first-order chi connectivity index (χ1) is 7.69. The molecule has 1 unspecified atom stereocenters. The van der Waals surface area contributed by atoms with Crippen LogP contribution in [0.15, 0.2) is 24.3 Å². The number of rotatable bonds is 4. The number of hydrogen-bond acceptors (Lipinski definition) is 1. The Labute approximate surface area is 98.5 Å². The smallest absolute Gasteiger partial charge is 0.0905 e. The highest BCUT2D eigenvalue weighted by Crippen LogP contribution is 2.42. The highest BCUT2D eigenvalue weighted by atomic mass is 16.3. The monoisotopic (exact) mass is 218 g/mol.